The van der Waals surface area contributed by atoms with Crippen LogP contribution in [-0.2, 0) is 4.79 Å². The molecule has 0 aromatic heterocycles. The summed E-state index contributed by atoms with van der Waals surface area (Å²) in [6.07, 6.45) is 2.19. The molecule has 1 amide bonds. The summed E-state index contributed by atoms with van der Waals surface area (Å²) in [7, 11) is 0. The van der Waals surface area contributed by atoms with Crippen molar-refractivity contribution in [2.75, 3.05) is 19.6 Å². The Morgan fingerprint density at radius 1 is 1.42 bits per heavy atom. The number of hydrogen-bond acceptors (Lipinski definition) is 2. The highest BCUT2D eigenvalue weighted by Gasteiger charge is 2.51. The third-order valence-electron chi connectivity index (χ3n) is 4.81. The molecule has 3 nitrogen and oxygen atoms in total. The molecule has 102 valence electrons. The van der Waals surface area contributed by atoms with Crippen LogP contribution in [-0.4, -0.2) is 30.4 Å². The van der Waals surface area contributed by atoms with E-state index in [2.05, 4.69) is 42.2 Å². The quantitative estimate of drug-likeness (QED) is 0.897. The maximum Gasteiger partial charge on any atom is 0.221 e. The zero-order chi connectivity index (χ0) is 13.5. The number of amides is 1. The molecule has 3 rings (SSSR count). The van der Waals surface area contributed by atoms with Gasteiger partial charge >= 0.3 is 0 Å². The molecule has 1 aromatic carbocycles. The van der Waals surface area contributed by atoms with E-state index in [1.807, 2.05) is 0 Å². The number of likely N-dealkylation sites (tertiary alicyclic amines) is 1. The van der Waals surface area contributed by atoms with Gasteiger partial charge in [-0.15, -0.1) is 0 Å². The number of nitrogens with two attached hydrogens (primary N) is 1. The summed E-state index contributed by atoms with van der Waals surface area (Å²) in [5, 5.41) is 0. The number of primary amides is 1. The molecule has 1 saturated carbocycles. The van der Waals surface area contributed by atoms with Crippen molar-refractivity contribution in [3.63, 3.8) is 0 Å². The third kappa shape index (κ3) is 2.52. The van der Waals surface area contributed by atoms with Crippen LogP contribution in [0, 0.1) is 11.3 Å². The van der Waals surface area contributed by atoms with Gasteiger partial charge in [0.2, 0.25) is 5.91 Å². The summed E-state index contributed by atoms with van der Waals surface area (Å²) in [6.45, 7) is 5.33. The van der Waals surface area contributed by atoms with Crippen LogP contribution in [0.25, 0.3) is 0 Å². The molecule has 0 radical (unpaired) electrons. The number of carbonyl (C=O) groups excluding carboxylic acids is 1. The predicted octanol–water partition coefficient (Wildman–Crippen LogP) is 1.99. The van der Waals surface area contributed by atoms with Crippen LogP contribution in [0.2, 0.25) is 0 Å². The Balaban J connectivity index is 1.59. The lowest BCUT2D eigenvalue weighted by Crippen LogP contribution is -2.31. The lowest BCUT2D eigenvalue weighted by molar-refractivity contribution is -0.121. The van der Waals surface area contributed by atoms with Crippen molar-refractivity contribution in [2.24, 2.45) is 17.1 Å². The predicted molar refractivity (Wildman–Crippen MR) is 75.6 cm³/mol. The molecule has 1 heterocycles. The van der Waals surface area contributed by atoms with E-state index in [1.54, 1.807) is 0 Å². The second kappa shape index (κ2) is 4.64. The largest absolute Gasteiger partial charge is 0.369 e. The number of rotatable bonds is 4. The first-order valence-corrected chi connectivity index (χ1v) is 7.15. The Hall–Kier alpha value is -1.35. The van der Waals surface area contributed by atoms with Gasteiger partial charge in [0.05, 0.1) is 5.92 Å². The van der Waals surface area contributed by atoms with E-state index >= 15 is 0 Å². The SMILES string of the molecule is C[C@@]1(CN2CCC(C(N)=O)C2)C[C@H]1c1ccccc1. The van der Waals surface area contributed by atoms with E-state index in [1.165, 1.54) is 12.0 Å². The Kier molecular flexibility index (Phi) is 3.09. The third-order valence-corrected chi connectivity index (χ3v) is 4.81. The molecule has 0 bridgehead atoms. The zero-order valence-corrected chi connectivity index (χ0v) is 11.5. The summed E-state index contributed by atoms with van der Waals surface area (Å²) in [5.74, 6) is 0.613. The molecule has 2 fully saturated rings. The van der Waals surface area contributed by atoms with Gasteiger partial charge < -0.3 is 10.6 Å². The van der Waals surface area contributed by atoms with Gasteiger partial charge in [0, 0.05) is 13.1 Å². The van der Waals surface area contributed by atoms with Crippen LogP contribution in [0.15, 0.2) is 30.3 Å². The van der Waals surface area contributed by atoms with Gasteiger partial charge in [-0.3, -0.25) is 4.79 Å². The van der Waals surface area contributed by atoms with Crippen molar-refractivity contribution in [3.05, 3.63) is 35.9 Å². The standard InChI is InChI=1S/C16H22N2O/c1-16(9-14(16)12-5-3-2-4-6-12)11-18-8-7-13(10-18)15(17)19/h2-6,13-14H,7-11H2,1H3,(H2,17,19)/t13?,14-,16-/m0/s1. The van der Waals surface area contributed by atoms with Crippen LogP contribution in [0.1, 0.15) is 31.2 Å². The van der Waals surface area contributed by atoms with Crippen LogP contribution in [0.4, 0.5) is 0 Å². The Bertz CT molecular complexity index is 473. The first-order valence-electron chi connectivity index (χ1n) is 7.15. The van der Waals surface area contributed by atoms with Gasteiger partial charge in [-0.1, -0.05) is 37.3 Å². The lowest BCUT2D eigenvalue weighted by Gasteiger charge is -2.21. The van der Waals surface area contributed by atoms with E-state index in [-0.39, 0.29) is 11.8 Å². The minimum atomic E-state index is -0.136. The Morgan fingerprint density at radius 3 is 2.79 bits per heavy atom. The van der Waals surface area contributed by atoms with Crippen LogP contribution in [0.3, 0.4) is 0 Å². The van der Waals surface area contributed by atoms with Gasteiger partial charge in [0.1, 0.15) is 0 Å². The Labute approximate surface area is 114 Å². The lowest BCUT2D eigenvalue weighted by atomic mass is 10.0. The Morgan fingerprint density at radius 2 is 2.16 bits per heavy atom. The number of benzene rings is 1. The summed E-state index contributed by atoms with van der Waals surface area (Å²) < 4.78 is 0. The van der Waals surface area contributed by atoms with Crippen molar-refractivity contribution in [1.82, 2.24) is 4.90 Å². The molecule has 1 saturated heterocycles. The van der Waals surface area contributed by atoms with Crippen molar-refractivity contribution in [1.29, 1.82) is 0 Å². The summed E-state index contributed by atoms with van der Waals surface area (Å²) >= 11 is 0. The molecular weight excluding hydrogens is 236 g/mol. The normalized spacial score (nSPS) is 34.4. The highest BCUT2D eigenvalue weighted by Crippen LogP contribution is 2.59. The molecule has 2 aliphatic rings. The number of hydrogen-bond donors (Lipinski definition) is 1. The van der Waals surface area contributed by atoms with Crippen LogP contribution < -0.4 is 5.73 Å². The van der Waals surface area contributed by atoms with Gasteiger partial charge in [0.15, 0.2) is 0 Å². The second-order valence-electron chi connectivity index (χ2n) is 6.44. The average Bonchev–Trinajstić information content (AvgIpc) is 2.84. The molecule has 0 spiro atoms. The monoisotopic (exact) mass is 258 g/mol. The first-order chi connectivity index (χ1) is 9.08. The molecule has 3 atom stereocenters. The maximum atomic E-state index is 11.2. The molecule has 3 heteroatoms. The minimum Gasteiger partial charge on any atom is -0.369 e. The average molecular weight is 258 g/mol. The van der Waals surface area contributed by atoms with E-state index in [0.29, 0.717) is 11.3 Å². The minimum absolute atomic E-state index is 0.0672. The summed E-state index contributed by atoms with van der Waals surface area (Å²) in [6, 6.07) is 10.8. The topological polar surface area (TPSA) is 46.3 Å². The van der Waals surface area contributed by atoms with Crippen LogP contribution in [0.5, 0.6) is 0 Å². The molecule has 19 heavy (non-hydrogen) atoms. The van der Waals surface area contributed by atoms with E-state index in [4.69, 9.17) is 5.73 Å². The van der Waals surface area contributed by atoms with Gasteiger partial charge in [-0.25, -0.2) is 0 Å². The van der Waals surface area contributed by atoms with Crippen molar-refractivity contribution in [3.8, 4) is 0 Å². The number of nitrogens with zero attached hydrogens (tertiary/aromatic N) is 1. The van der Waals surface area contributed by atoms with E-state index in [9.17, 15) is 4.79 Å². The molecule has 1 aliphatic heterocycles. The second-order valence-corrected chi connectivity index (χ2v) is 6.44. The summed E-state index contributed by atoms with van der Waals surface area (Å²) in [5.41, 5.74) is 7.23. The van der Waals surface area contributed by atoms with Gasteiger partial charge in [0.25, 0.3) is 0 Å². The van der Waals surface area contributed by atoms with Crippen molar-refractivity contribution >= 4 is 5.91 Å². The smallest absolute Gasteiger partial charge is 0.221 e. The highest BCUT2D eigenvalue weighted by atomic mass is 16.1. The van der Waals surface area contributed by atoms with Gasteiger partial charge in [-0.05, 0) is 36.3 Å². The van der Waals surface area contributed by atoms with E-state index in [0.717, 1.165) is 26.1 Å². The molecule has 1 aliphatic carbocycles. The first kappa shape index (κ1) is 12.7. The maximum absolute atomic E-state index is 11.2. The molecular formula is C16H22N2O. The molecule has 1 aromatic rings. The fourth-order valence-electron chi connectivity index (χ4n) is 3.51. The van der Waals surface area contributed by atoms with Crippen molar-refractivity contribution in [2.45, 2.75) is 25.7 Å². The highest BCUT2D eigenvalue weighted by molar-refractivity contribution is 5.77. The zero-order valence-electron chi connectivity index (χ0n) is 11.5. The summed E-state index contributed by atoms with van der Waals surface area (Å²) in [4.78, 5) is 13.6. The van der Waals surface area contributed by atoms with Gasteiger partial charge in [-0.2, -0.15) is 0 Å². The fourth-order valence-corrected chi connectivity index (χ4v) is 3.51. The van der Waals surface area contributed by atoms with Crippen LogP contribution >= 0.6 is 0 Å². The van der Waals surface area contributed by atoms with Crippen molar-refractivity contribution < 1.29 is 4.79 Å². The van der Waals surface area contributed by atoms with E-state index < -0.39 is 0 Å². The fraction of sp³-hybridized carbons (Fsp3) is 0.562. The molecule has 2 N–H and O–H groups in total. The molecule has 1 unspecified atom stereocenters. The number of carbonyl (C=O) groups is 1.